The third kappa shape index (κ3) is 3.36. The van der Waals surface area contributed by atoms with Gasteiger partial charge < -0.3 is 9.64 Å². The first kappa shape index (κ1) is 15.8. The molecule has 1 amide bonds. The van der Waals surface area contributed by atoms with E-state index in [2.05, 4.69) is 5.32 Å². The molecule has 0 spiro atoms. The minimum Gasteiger partial charge on any atom is -0.468 e. The number of ether oxygens (including phenoxy) is 1. The molecule has 2 rings (SSSR count). The molecule has 0 aromatic heterocycles. The normalized spacial score (nSPS) is 19.7. The lowest BCUT2D eigenvalue weighted by Gasteiger charge is -2.21. The highest BCUT2D eigenvalue weighted by Gasteiger charge is 2.35. The van der Waals surface area contributed by atoms with Crippen LogP contribution in [-0.4, -0.2) is 37.6 Å². The van der Waals surface area contributed by atoms with Gasteiger partial charge >= 0.3 is 5.97 Å². The van der Waals surface area contributed by atoms with Gasteiger partial charge in [0.15, 0.2) is 0 Å². The van der Waals surface area contributed by atoms with Crippen molar-refractivity contribution in [1.29, 1.82) is 0 Å². The van der Waals surface area contributed by atoms with Crippen molar-refractivity contribution in [3.05, 3.63) is 29.3 Å². The van der Waals surface area contributed by atoms with E-state index in [9.17, 15) is 9.59 Å². The van der Waals surface area contributed by atoms with Crippen molar-refractivity contribution < 1.29 is 14.3 Å². The van der Waals surface area contributed by atoms with Crippen LogP contribution >= 0.6 is 11.6 Å². The Morgan fingerprint density at radius 3 is 2.86 bits per heavy atom. The molecule has 1 saturated heterocycles. The van der Waals surface area contributed by atoms with Gasteiger partial charge in [-0.1, -0.05) is 30.7 Å². The smallest absolute Gasteiger partial charge is 0.322 e. The number of rotatable bonds is 5. The number of anilines is 1. The number of methoxy groups -OCH3 is 1. The second kappa shape index (κ2) is 6.91. The van der Waals surface area contributed by atoms with Crippen LogP contribution in [0.2, 0.25) is 5.02 Å². The Balaban J connectivity index is 2.08. The molecule has 1 aromatic rings. The van der Waals surface area contributed by atoms with Gasteiger partial charge in [0, 0.05) is 6.54 Å². The van der Waals surface area contributed by atoms with Crippen LogP contribution in [0.25, 0.3) is 0 Å². The summed E-state index contributed by atoms with van der Waals surface area (Å²) < 4.78 is 4.73. The van der Waals surface area contributed by atoms with Gasteiger partial charge in [0.1, 0.15) is 6.04 Å². The molecule has 0 bridgehead atoms. The summed E-state index contributed by atoms with van der Waals surface area (Å²) in [6.07, 6.45) is 1.21. The average molecular weight is 311 g/mol. The maximum atomic E-state index is 12.5. The number of halogens is 1. The van der Waals surface area contributed by atoms with E-state index < -0.39 is 6.04 Å². The molecule has 21 heavy (non-hydrogen) atoms. The Morgan fingerprint density at radius 1 is 1.52 bits per heavy atom. The standard InChI is InChI=1S/C15H19ClN2O3/c1-3-11(15(20)21-2)17-12-8-9-18(14(12)19)13-7-5-4-6-10(13)16/h4-7,11-12,17H,3,8-9H2,1-2H3/t11-,12+/m1/s1. The molecule has 1 aliphatic heterocycles. The van der Waals surface area contributed by atoms with Crippen molar-refractivity contribution in [2.24, 2.45) is 0 Å². The van der Waals surface area contributed by atoms with Gasteiger partial charge in [0.25, 0.3) is 0 Å². The molecule has 0 radical (unpaired) electrons. The predicted octanol–water partition coefficient (Wildman–Crippen LogP) is 1.99. The van der Waals surface area contributed by atoms with Gasteiger partial charge in [0.05, 0.1) is 23.9 Å². The molecule has 1 aliphatic rings. The summed E-state index contributed by atoms with van der Waals surface area (Å²) in [7, 11) is 1.35. The van der Waals surface area contributed by atoms with Crippen molar-refractivity contribution in [1.82, 2.24) is 5.32 Å². The van der Waals surface area contributed by atoms with Gasteiger partial charge in [0.2, 0.25) is 5.91 Å². The van der Waals surface area contributed by atoms with Gasteiger partial charge in [-0.25, -0.2) is 0 Å². The van der Waals surface area contributed by atoms with Crippen LogP contribution in [0.1, 0.15) is 19.8 Å². The molecule has 1 N–H and O–H groups in total. The molecule has 1 fully saturated rings. The monoisotopic (exact) mass is 310 g/mol. The van der Waals surface area contributed by atoms with E-state index in [1.165, 1.54) is 7.11 Å². The highest BCUT2D eigenvalue weighted by molar-refractivity contribution is 6.33. The van der Waals surface area contributed by atoms with Crippen LogP contribution in [0, 0.1) is 0 Å². The number of benzene rings is 1. The molecule has 1 heterocycles. The first-order chi connectivity index (χ1) is 10.1. The van der Waals surface area contributed by atoms with E-state index in [4.69, 9.17) is 16.3 Å². The van der Waals surface area contributed by atoms with Crippen molar-refractivity contribution in [3.63, 3.8) is 0 Å². The molecular formula is C15H19ClN2O3. The summed E-state index contributed by atoms with van der Waals surface area (Å²) in [4.78, 5) is 25.7. The summed E-state index contributed by atoms with van der Waals surface area (Å²) >= 11 is 6.13. The van der Waals surface area contributed by atoms with Crippen molar-refractivity contribution in [2.75, 3.05) is 18.6 Å². The Labute approximate surface area is 129 Å². The van der Waals surface area contributed by atoms with Crippen LogP contribution in [-0.2, 0) is 14.3 Å². The number of esters is 1. The lowest BCUT2D eigenvalue weighted by Crippen LogP contribution is -2.47. The van der Waals surface area contributed by atoms with Gasteiger partial charge in [-0.2, -0.15) is 0 Å². The highest BCUT2D eigenvalue weighted by atomic mass is 35.5. The minimum atomic E-state index is -0.463. The SMILES string of the molecule is CC[C@@H](N[C@H]1CCN(c2ccccc2Cl)C1=O)C(=O)OC. The number of carbonyl (C=O) groups is 2. The Bertz CT molecular complexity index is 535. The second-order valence-electron chi connectivity index (χ2n) is 4.93. The summed E-state index contributed by atoms with van der Waals surface area (Å²) in [5, 5.41) is 3.62. The fourth-order valence-electron chi connectivity index (χ4n) is 2.48. The van der Waals surface area contributed by atoms with Crippen LogP contribution in [0.15, 0.2) is 24.3 Å². The molecule has 1 aromatic carbocycles. The molecule has 5 nitrogen and oxygen atoms in total. The lowest BCUT2D eigenvalue weighted by molar-refractivity contribution is -0.143. The number of nitrogens with one attached hydrogen (secondary N) is 1. The first-order valence-corrected chi connectivity index (χ1v) is 7.36. The third-order valence-electron chi connectivity index (χ3n) is 3.65. The van der Waals surface area contributed by atoms with E-state index in [1.807, 2.05) is 25.1 Å². The molecule has 6 heteroatoms. The van der Waals surface area contributed by atoms with E-state index in [0.717, 1.165) is 0 Å². The summed E-state index contributed by atoms with van der Waals surface area (Å²) in [6.45, 7) is 2.46. The molecule has 0 aliphatic carbocycles. The zero-order chi connectivity index (χ0) is 15.4. The number of para-hydroxylation sites is 1. The van der Waals surface area contributed by atoms with E-state index in [-0.39, 0.29) is 17.9 Å². The summed E-state index contributed by atoms with van der Waals surface area (Å²) in [5.74, 6) is -0.410. The van der Waals surface area contributed by atoms with Crippen LogP contribution in [0.4, 0.5) is 5.69 Å². The Morgan fingerprint density at radius 2 is 2.24 bits per heavy atom. The molecule has 114 valence electrons. The lowest BCUT2D eigenvalue weighted by atomic mass is 10.1. The van der Waals surface area contributed by atoms with Crippen molar-refractivity contribution in [2.45, 2.75) is 31.8 Å². The average Bonchev–Trinajstić information content (AvgIpc) is 2.85. The topological polar surface area (TPSA) is 58.6 Å². The number of hydrogen-bond donors (Lipinski definition) is 1. The largest absolute Gasteiger partial charge is 0.468 e. The molecular weight excluding hydrogens is 292 g/mol. The number of carbonyl (C=O) groups excluding carboxylic acids is 2. The van der Waals surface area contributed by atoms with E-state index in [0.29, 0.717) is 30.1 Å². The third-order valence-corrected chi connectivity index (χ3v) is 3.96. The van der Waals surface area contributed by atoms with Gasteiger partial charge in [-0.3, -0.25) is 14.9 Å². The fourth-order valence-corrected chi connectivity index (χ4v) is 2.72. The molecule has 2 atom stereocenters. The fraction of sp³-hybridized carbons (Fsp3) is 0.467. The van der Waals surface area contributed by atoms with Gasteiger partial charge in [-0.15, -0.1) is 0 Å². The summed E-state index contributed by atoms with van der Waals surface area (Å²) in [5.41, 5.74) is 0.708. The maximum Gasteiger partial charge on any atom is 0.322 e. The Hall–Kier alpha value is -1.59. The second-order valence-corrected chi connectivity index (χ2v) is 5.34. The number of nitrogens with zero attached hydrogens (tertiary/aromatic N) is 1. The summed E-state index contributed by atoms with van der Waals surface area (Å²) in [6, 6.07) is 6.40. The number of hydrogen-bond acceptors (Lipinski definition) is 4. The quantitative estimate of drug-likeness (QED) is 0.845. The maximum absolute atomic E-state index is 12.5. The van der Waals surface area contributed by atoms with Crippen LogP contribution in [0.5, 0.6) is 0 Å². The first-order valence-electron chi connectivity index (χ1n) is 6.98. The van der Waals surface area contributed by atoms with Crippen molar-refractivity contribution >= 4 is 29.2 Å². The number of amides is 1. The Kier molecular flexibility index (Phi) is 5.20. The predicted molar refractivity (Wildman–Crippen MR) is 81.4 cm³/mol. The van der Waals surface area contributed by atoms with Crippen LogP contribution in [0.3, 0.4) is 0 Å². The van der Waals surface area contributed by atoms with Crippen LogP contribution < -0.4 is 10.2 Å². The van der Waals surface area contributed by atoms with Crippen molar-refractivity contribution in [3.8, 4) is 0 Å². The van der Waals surface area contributed by atoms with E-state index >= 15 is 0 Å². The molecule has 0 saturated carbocycles. The van der Waals surface area contributed by atoms with Gasteiger partial charge in [-0.05, 0) is 25.0 Å². The zero-order valence-corrected chi connectivity index (χ0v) is 12.9. The van der Waals surface area contributed by atoms with E-state index in [1.54, 1.807) is 11.0 Å². The highest BCUT2D eigenvalue weighted by Crippen LogP contribution is 2.29. The minimum absolute atomic E-state index is 0.0644. The molecule has 0 unspecified atom stereocenters. The zero-order valence-electron chi connectivity index (χ0n) is 12.1.